The molecule has 0 N–H and O–H groups in total. The van der Waals surface area contributed by atoms with Crippen LogP contribution in [0.3, 0.4) is 0 Å². The fourth-order valence-electron chi connectivity index (χ4n) is 4.58. The van der Waals surface area contributed by atoms with Crippen LogP contribution in [0.5, 0.6) is 0 Å². The third-order valence-electron chi connectivity index (χ3n) is 7.17. The minimum atomic E-state index is -0.163. The molecule has 0 heterocycles. The van der Waals surface area contributed by atoms with Gasteiger partial charge in [-0.2, -0.15) is 0 Å². The summed E-state index contributed by atoms with van der Waals surface area (Å²) in [7, 11) is 1.63. The number of esters is 3. The SMILES string of the molecule is C/C=C/C=C/COC(=O)CCCCCCCC(CCCCCCCC(=O)OC/C=C/C#CCCCCC)OC(=O)CCCOC. The summed E-state index contributed by atoms with van der Waals surface area (Å²) < 4.78 is 21.3. The van der Waals surface area contributed by atoms with Crippen LogP contribution in [0.25, 0.3) is 0 Å². The monoisotopic (exact) mass is 630 g/mol. The van der Waals surface area contributed by atoms with Gasteiger partial charge in [-0.15, -0.1) is 0 Å². The highest BCUT2D eigenvalue weighted by atomic mass is 16.5. The van der Waals surface area contributed by atoms with Crippen LogP contribution in [-0.2, 0) is 33.3 Å². The first kappa shape index (κ1) is 42.1. The van der Waals surface area contributed by atoms with Crippen molar-refractivity contribution in [1.29, 1.82) is 0 Å². The van der Waals surface area contributed by atoms with E-state index in [1.807, 2.05) is 31.2 Å². The van der Waals surface area contributed by atoms with Gasteiger partial charge in [-0.1, -0.05) is 88.4 Å². The van der Waals surface area contributed by atoms with Gasteiger partial charge in [0.25, 0.3) is 0 Å². The molecule has 0 rings (SSSR count). The average molecular weight is 631 g/mol. The maximum Gasteiger partial charge on any atom is 0.306 e. The van der Waals surface area contributed by atoms with Gasteiger partial charge < -0.3 is 18.9 Å². The van der Waals surface area contributed by atoms with Crippen LogP contribution < -0.4 is 0 Å². The maximum atomic E-state index is 12.3. The summed E-state index contributed by atoms with van der Waals surface area (Å²) in [5.74, 6) is 5.62. The normalized spacial score (nSPS) is 12.0. The Labute approximate surface area is 274 Å². The second kappa shape index (κ2) is 34.0. The largest absolute Gasteiger partial charge is 0.462 e. The van der Waals surface area contributed by atoms with E-state index in [2.05, 4.69) is 18.8 Å². The summed E-state index contributed by atoms with van der Waals surface area (Å²) >= 11 is 0. The zero-order chi connectivity index (χ0) is 33.1. The van der Waals surface area contributed by atoms with E-state index in [4.69, 9.17) is 18.9 Å². The van der Waals surface area contributed by atoms with Crippen LogP contribution in [0.4, 0.5) is 0 Å². The quantitative estimate of drug-likeness (QED) is 0.0268. The molecule has 0 aromatic carbocycles. The number of carbonyl (C=O) groups excluding carboxylic acids is 3. The molecule has 1 unspecified atom stereocenters. The Bertz CT molecular complexity index is 878. The Morgan fingerprint density at radius 2 is 1.24 bits per heavy atom. The van der Waals surface area contributed by atoms with Gasteiger partial charge in [0.05, 0.1) is 0 Å². The number of carbonyl (C=O) groups is 3. The molecule has 0 aromatic heterocycles. The van der Waals surface area contributed by atoms with Gasteiger partial charge in [-0.05, 0) is 76.5 Å². The van der Waals surface area contributed by atoms with Gasteiger partial charge in [0.2, 0.25) is 0 Å². The van der Waals surface area contributed by atoms with E-state index in [-0.39, 0.29) is 30.6 Å². The van der Waals surface area contributed by atoms with E-state index in [1.54, 1.807) is 19.3 Å². The number of hydrogen-bond donors (Lipinski definition) is 0. The van der Waals surface area contributed by atoms with Gasteiger partial charge in [-0.3, -0.25) is 14.4 Å². The molecule has 0 bridgehead atoms. The summed E-state index contributed by atoms with van der Waals surface area (Å²) in [4.78, 5) is 36.1. The summed E-state index contributed by atoms with van der Waals surface area (Å²) in [6.45, 7) is 5.26. The molecule has 7 heteroatoms. The standard InChI is InChI=1S/C38H62O7/c1-4-6-8-10-11-12-19-25-34-44-37(40)30-23-18-14-16-21-28-35(45-38(41)31-26-32-42-3)27-20-15-13-17-22-29-36(39)43-33-24-9-7-5-2/h5,7,9,19,24-25,35H,4,6,8,10,13-18,20-23,26-34H2,1-3H3/b7-5+,24-9+,25-19+. The molecule has 0 aliphatic heterocycles. The zero-order valence-corrected chi connectivity index (χ0v) is 28.7. The number of methoxy groups -OCH3 is 1. The van der Waals surface area contributed by atoms with E-state index in [0.29, 0.717) is 38.9 Å². The molecule has 1 atom stereocenters. The molecule has 0 saturated carbocycles. The number of allylic oxidation sites excluding steroid dienone is 4. The molecular weight excluding hydrogens is 568 g/mol. The van der Waals surface area contributed by atoms with Crippen LogP contribution in [-0.4, -0.2) is 50.9 Å². The molecule has 0 aromatic rings. The fraction of sp³-hybridized carbons (Fsp3) is 0.711. The Morgan fingerprint density at radius 1 is 0.667 bits per heavy atom. The maximum absolute atomic E-state index is 12.3. The van der Waals surface area contributed by atoms with Crippen LogP contribution in [0.1, 0.15) is 142 Å². The van der Waals surface area contributed by atoms with Gasteiger partial charge in [0.1, 0.15) is 19.3 Å². The topological polar surface area (TPSA) is 88.1 Å². The smallest absolute Gasteiger partial charge is 0.306 e. The van der Waals surface area contributed by atoms with Gasteiger partial charge in [0, 0.05) is 39.4 Å². The van der Waals surface area contributed by atoms with Crippen molar-refractivity contribution >= 4 is 17.9 Å². The molecule has 256 valence electrons. The lowest BCUT2D eigenvalue weighted by Gasteiger charge is -2.18. The highest BCUT2D eigenvalue weighted by molar-refractivity contribution is 5.70. The molecule has 0 spiro atoms. The first-order valence-corrected chi connectivity index (χ1v) is 17.4. The number of rotatable bonds is 29. The van der Waals surface area contributed by atoms with E-state index in [1.165, 1.54) is 12.8 Å². The van der Waals surface area contributed by atoms with E-state index < -0.39 is 0 Å². The summed E-state index contributed by atoms with van der Waals surface area (Å²) in [5.41, 5.74) is 0. The Balaban J connectivity index is 4.10. The molecule has 45 heavy (non-hydrogen) atoms. The van der Waals surface area contributed by atoms with Crippen LogP contribution >= 0.6 is 0 Å². The predicted molar refractivity (Wildman–Crippen MR) is 183 cm³/mol. The van der Waals surface area contributed by atoms with Gasteiger partial charge >= 0.3 is 17.9 Å². The fourth-order valence-corrected chi connectivity index (χ4v) is 4.58. The second-order valence-electron chi connectivity index (χ2n) is 11.3. The average Bonchev–Trinajstić information content (AvgIpc) is 3.02. The predicted octanol–water partition coefficient (Wildman–Crippen LogP) is 9.14. The molecule has 0 aliphatic rings. The molecule has 0 saturated heterocycles. The summed E-state index contributed by atoms with van der Waals surface area (Å²) in [6, 6.07) is 0. The minimum absolute atomic E-state index is 0.0605. The minimum Gasteiger partial charge on any atom is -0.462 e. The summed E-state index contributed by atoms with van der Waals surface area (Å²) in [5, 5.41) is 0. The van der Waals surface area contributed by atoms with Crippen molar-refractivity contribution in [3.8, 4) is 11.8 Å². The van der Waals surface area contributed by atoms with Gasteiger partial charge in [-0.25, -0.2) is 0 Å². The molecule has 0 amide bonds. The Kier molecular flexibility index (Phi) is 31.9. The number of unbranched alkanes of at least 4 members (excludes halogenated alkanes) is 11. The third kappa shape index (κ3) is 32.4. The van der Waals surface area contributed by atoms with Crippen molar-refractivity contribution in [3.63, 3.8) is 0 Å². The lowest BCUT2D eigenvalue weighted by Crippen LogP contribution is -2.18. The zero-order valence-electron chi connectivity index (χ0n) is 28.7. The Morgan fingerprint density at radius 3 is 1.84 bits per heavy atom. The number of hydrogen-bond acceptors (Lipinski definition) is 7. The van der Waals surface area contributed by atoms with Crippen molar-refractivity contribution in [2.75, 3.05) is 26.9 Å². The molecule has 0 radical (unpaired) electrons. The molecular formula is C38H62O7. The number of ether oxygens (including phenoxy) is 4. The summed E-state index contributed by atoms with van der Waals surface area (Å²) in [6.07, 6.45) is 28.9. The van der Waals surface area contributed by atoms with Crippen LogP contribution in [0, 0.1) is 11.8 Å². The van der Waals surface area contributed by atoms with Crippen LogP contribution in [0.2, 0.25) is 0 Å². The van der Waals surface area contributed by atoms with Crippen LogP contribution in [0.15, 0.2) is 36.5 Å². The molecule has 0 fully saturated rings. The van der Waals surface area contributed by atoms with Crippen molar-refractivity contribution in [2.24, 2.45) is 0 Å². The highest BCUT2D eigenvalue weighted by Crippen LogP contribution is 2.18. The van der Waals surface area contributed by atoms with Gasteiger partial charge in [0.15, 0.2) is 0 Å². The van der Waals surface area contributed by atoms with E-state index >= 15 is 0 Å². The van der Waals surface area contributed by atoms with Crippen molar-refractivity contribution in [1.82, 2.24) is 0 Å². The highest BCUT2D eigenvalue weighted by Gasteiger charge is 2.14. The van der Waals surface area contributed by atoms with Crippen molar-refractivity contribution < 1.29 is 33.3 Å². The lowest BCUT2D eigenvalue weighted by molar-refractivity contribution is -0.150. The molecule has 0 aliphatic carbocycles. The van der Waals surface area contributed by atoms with E-state index in [0.717, 1.165) is 89.9 Å². The second-order valence-corrected chi connectivity index (χ2v) is 11.3. The van der Waals surface area contributed by atoms with Crippen molar-refractivity contribution in [2.45, 2.75) is 148 Å². The third-order valence-corrected chi connectivity index (χ3v) is 7.17. The lowest BCUT2D eigenvalue weighted by atomic mass is 10.0. The van der Waals surface area contributed by atoms with E-state index in [9.17, 15) is 14.4 Å². The molecule has 7 nitrogen and oxygen atoms in total. The van der Waals surface area contributed by atoms with Crippen molar-refractivity contribution in [3.05, 3.63) is 36.5 Å². The first-order valence-electron chi connectivity index (χ1n) is 17.4. The Hall–Kier alpha value is -2.85. The first-order chi connectivity index (χ1) is 22.0.